The molecule has 1 saturated heterocycles. The fourth-order valence-corrected chi connectivity index (χ4v) is 3.49. The molecule has 3 rings (SSSR count). The third-order valence-corrected chi connectivity index (χ3v) is 4.39. The van der Waals surface area contributed by atoms with Gasteiger partial charge in [-0.15, -0.1) is 0 Å². The lowest BCUT2D eigenvalue weighted by Gasteiger charge is -2.38. The van der Waals surface area contributed by atoms with E-state index in [1.807, 2.05) is 0 Å². The van der Waals surface area contributed by atoms with Gasteiger partial charge in [0.15, 0.2) is 0 Å². The molecular formula is C15H21NO. The van der Waals surface area contributed by atoms with Gasteiger partial charge in [-0.2, -0.15) is 0 Å². The van der Waals surface area contributed by atoms with Crippen LogP contribution in [0.25, 0.3) is 0 Å². The minimum absolute atomic E-state index is 0.698. The molecule has 1 N–H and O–H groups in total. The lowest BCUT2D eigenvalue weighted by molar-refractivity contribution is 0.259. The Morgan fingerprint density at radius 2 is 2.18 bits per heavy atom. The van der Waals surface area contributed by atoms with E-state index < -0.39 is 0 Å². The van der Waals surface area contributed by atoms with E-state index in [4.69, 9.17) is 4.74 Å². The van der Waals surface area contributed by atoms with Crippen LogP contribution in [0.4, 0.5) is 0 Å². The highest BCUT2D eigenvalue weighted by Crippen LogP contribution is 2.37. The van der Waals surface area contributed by atoms with E-state index in [1.54, 1.807) is 7.11 Å². The molecule has 1 aliphatic carbocycles. The van der Waals surface area contributed by atoms with Crippen molar-refractivity contribution in [2.45, 2.75) is 38.6 Å². The highest BCUT2D eigenvalue weighted by atomic mass is 16.5. The summed E-state index contributed by atoms with van der Waals surface area (Å²) >= 11 is 0. The van der Waals surface area contributed by atoms with E-state index in [2.05, 4.69) is 24.4 Å². The fraction of sp³-hybridized carbons (Fsp3) is 0.600. The van der Waals surface area contributed by atoms with Crippen LogP contribution in [0.1, 0.15) is 29.5 Å². The molecule has 1 aromatic carbocycles. The van der Waals surface area contributed by atoms with Gasteiger partial charge in [-0.1, -0.05) is 12.1 Å². The van der Waals surface area contributed by atoms with E-state index in [0.717, 1.165) is 11.7 Å². The summed E-state index contributed by atoms with van der Waals surface area (Å²) in [4.78, 5) is 0. The van der Waals surface area contributed by atoms with Crippen molar-refractivity contribution in [3.05, 3.63) is 28.8 Å². The zero-order valence-electron chi connectivity index (χ0n) is 10.8. The van der Waals surface area contributed by atoms with Crippen molar-refractivity contribution in [3.8, 4) is 5.75 Å². The minimum Gasteiger partial charge on any atom is -0.496 e. The Morgan fingerprint density at radius 1 is 1.29 bits per heavy atom. The van der Waals surface area contributed by atoms with Crippen molar-refractivity contribution in [2.75, 3.05) is 13.7 Å². The van der Waals surface area contributed by atoms with Crippen LogP contribution in [0.15, 0.2) is 12.1 Å². The number of fused-ring (bicyclic) bond motifs is 2. The fourth-order valence-electron chi connectivity index (χ4n) is 3.49. The van der Waals surface area contributed by atoms with E-state index in [9.17, 15) is 0 Å². The Balaban J connectivity index is 1.99. The van der Waals surface area contributed by atoms with Crippen molar-refractivity contribution in [2.24, 2.45) is 5.92 Å². The van der Waals surface area contributed by atoms with Gasteiger partial charge in [-0.05, 0) is 61.8 Å². The summed E-state index contributed by atoms with van der Waals surface area (Å²) in [5.74, 6) is 1.94. The maximum atomic E-state index is 5.60. The maximum absolute atomic E-state index is 5.60. The second-order valence-electron chi connectivity index (χ2n) is 5.42. The Labute approximate surface area is 103 Å². The molecule has 2 heteroatoms. The smallest absolute Gasteiger partial charge is 0.125 e. The highest BCUT2D eigenvalue weighted by molar-refractivity contribution is 5.48. The second-order valence-corrected chi connectivity index (χ2v) is 5.42. The summed E-state index contributed by atoms with van der Waals surface area (Å²) in [7, 11) is 1.80. The number of methoxy groups -OCH3 is 1. The predicted molar refractivity (Wildman–Crippen MR) is 69.7 cm³/mol. The first-order chi connectivity index (χ1) is 8.29. The number of hydrogen-bond acceptors (Lipinski definition) is 2. The van der Waals surface area contributed by atoms with E-state index in [-0.39, 0.29) is 0 Å². The molecule has 1 aliphatic heterocycles. The lowest BCUT2D eigenvalue weighted by Crippen LogP contribution is -2.46. The number of hydrogen-bond donors (Lipinski definition) is 1. The summed E-state index contributed by atoms with van der Waals surface area (Å²) in [6, 6.07) is 5.18. The number of nitrogens with one attached hydrogen (secondary N) is 1. The molecule has 0 spiro atoms. The highest BCUT2D eigenvalue weighted by Gasteiger charge is 2.32. The van der Waals surface area contributed by atoms with Gasteiger partial charge < -0.3 is 10.1 Å². The van der Waals surface area contributed by atoms with Crippen LogP contribution in [-0.4, -0.2) is 19.7 Å². The molecular weight excluding hydrogens is 210 g/mol. The van der Waals surface area contributed by atoms with E-state index >= 15 is 0 Å². The first kappa shape index (κ1) is 11.1. The summed E-state index contributed by atoms with van der Waals surface area (Å²) in [5, 5.41) is 3.67. The minimum atomic E-state index is 0.698. The Bertz CT molecular complexity index is 427. The average molecular weight is 231 g/mol. The summed E-state index contributed by atoms with van der Waals surface area (Å²) in [6.45, 7) is 3.34. The molecule has 0 radical (unpaired) electrons. The van der Waals surface area contributed by atoms with Crippen LogP contribution >= 0.6 is 0 Å². The van der Waals surface area contributed by atoms with Gasteiger partial charge in [0.25, 0.3) is 0 Å². The number of rotatable bonds is 1. The van der Waals surface area contributed by atoms with Gasteiger partial charge in [0.1, 0.15) is 5.75 Å². The number of piperidine rings is 1. The normalized spacial score (nSPS) is 27.2. The van der Waals surface area contributed by atoms with Crippen LogP contribution in [0.2, 0.25) is 0 Å². The van der Waals surface area contributed by atoms with Crippen LogP contribution in [-0.2, 0) is 12.8 Å². The lowest BCUT2D eigenvalue weighted by atomic mass is 9.75. The van der Waals surface area contributed by atoms with E-state index in [0.29, 0.717) is 6.04 Å². The van der Waals surface area contributed by atoms with Crippen molar-refractivity contribution in [3.63, 3.8) is 0 Å². The Kier molecular flexibility index (Phi) is 2.83. The summed E-state index contributed by atoms with van der Waals surface area (Å²) < 4.78 is 5.60. The van der Waals surface area contributed by atoms with E-state index in [1.165, 1.54) is 48.9 Å². The van der Waals surface area contributed by atoms with Gasteiger partial charge in [0.05, 0.1) is 7.11 Å². The number of benzene rings is 1. The summed E-state index contributed by atoms with van der Waals surface area (Å²) in [6.07, 6.45) is 5.06. The molecule has 2 nitrogen and oxygen atoms in total. The molecule has 2 aliphatic rings. The zero-order chi connectivity index (χ0) is 11.8. The maximum Gasteiger partial charge on any atom is 0.125 e. The largest absolute Gasteiger partial charge is 0.496 e. The first-order valence-corrected chi connectivity index (χ1v) is 6.68. The van der Waals surface area contributed by atoms with Gasteiger partial charge >= 0.3 is 0 Å². The van der Waals surface area contributed by atoms with Crippen molar-refractivity contribution in [1.29, 1.82) is 0 Å². The molecule has 0 saturated carbocycles. The molecule has 92 valence electrons. The van der Waals surface area contributed by atoms with Gasteiger partial charge in [-0.3, -0.25) is 0 Å². The molecule has 0 bridgehead atoms. The molecule has 2 unspecified atom stereocenters. The molecule has 0 amide bonds. The topological polar surface area (TPSA) is 21.3 Å². The number of aryl methyl sites for hydroxylation is 1. The van der Waals surface area contributed by atoms with Crippen molar-refractivity contribution < 1.29 is 4.74 Å². The van der Waals surface area contributed by atoms with Gasteiger partial charge in [0.2, 0.25) is 0 Å². The zero-order valence-corrected chi connectivity index (χ0v) is 10.8. The second kappa shape index (κ2) is 4.34. The monoisotopic (exact) mass is 231 g/mol. The third kappa shape index (κ3) is 1.85. The quantitative estimate of drug-likeness (QED) is 0.801. The van der Waals surface area contributed by atoms with Crippen LogP contribution in [0.5, 0.6) is 5.75 Å². The Hall–Kier alpha value is -1.02. The van der Waals surface area contributed by atoms with Crippen LogP contribution in [0, 0.1) is 12.8 Å². The van der Waals surface area contributed by atoms with Gasteiger partial charge in [0, 0.05) is 6.04 Å². The predicted octanol–water partition coefficient (Wildman–Crippen LogP) is 2.47. The Morgan fingerprint density at radius 3 is 3.00 bits per heavy atom. The average Bonchev–Trinajstić information content (AvgIpc) is 2.36. The molecule has 2 atom stereocenters. The molecule has 0 aromatic heterocycles. The van der Waals surface area contributed by atoms with Crippen LogP contribution < -0.4 is 10.1 Å². The standard InChI is InChI=1S/C15H21NO/c1-10-5-6-11-9-14-12(4-3-7-16-14)8-13(11)15(10)17-2/h5-6,12,14,16H,3-4,7-9H2,1-2H3. The van der Waals surface area contributed by atoms with Crippen LogP contribution in [0.3, 0.4) is 0 Å². The number of ether oxygens (including phenoxy) is 1. The first-order valence-electron chi connectivity index (χ1n) is 6.68. The summed E-state index contributed by atoms with van der Waals surface area (Å²) in [5.41, 5.74) is 4.23. The van der Waals surface area contributed by atoms with Crippen molar-refractivity contribution in [1.82, 2.24) is 5.32 Å². The SMILES string of the molecule is COc1c(C)ccc2c1CC1CCCNC1C2. The molecule has 17 heavy (non-hydrogen) atoms. The molecule has 1 aromatic rings. The van der Waals surface area contributed by atoms with Crippen molar-refractivity contribution >= 4 is 0 Å². The third-order valence-electron chi connectivity index (χ3n) is 4.39. The molecule has 1 heterocycles. The molecule has 1 fully saturated rings. The van der Waals surface area contributed by atoms with Gasteiger partial charge in [-0.25, -0.2) is 0 Å².